The number of benzene rings is 3. The molecule has 1 unspecified atom stereocenters. The highest BCUT2D eigenvalue weighted by Gasteiger charge is 2.42. The number of aromatic carboxylic acids is 1. The first-order valence-corrected chi connectivity index (χ1v) is 8.84. The van der Waals surface area contributed by atoms with Crippen molar-refractivity contribution in [3.63, 3.8) is 0 Å². The third-order valence-electron chi connectivity index (χ3n) is 5.10. The summed E-state index contributed by atoms with van der Waals surface area (Å²) >= 11 is 6.58. The predicted molar refractivity (Wildman–Crippen MR) is 104 cm³/mol. The fraction of sp³-hybridized carbons (Fsp3) is 0.136. The van der Waals surface area contributed by atoms with Gasteiger partial charge in [0.15, 0.2) is 0 Å². The van der Waals surface area contributed by atoms with E-state index in [0.717, 1.165) is 28.8 Å². The first kappa shape index (κ1) is 16.7. The molecular weight excluding hydrogens is 346 g/mol. The maximum Gasteiger partial charge on any atom is 0.335 e. The van der Waals surface area contributed by atoms with Crippen LogP contribution in [0.4, 0.5) is 5.69 Å². The van der Waals surface area contributed by atoms with E-state index in [4.69, 9.17) is 11.6 Å². The molecule has 0 fully saturated rings. The number of hydrogen-bond donors (Lipinski definition) is 2. The van der Waals surface area contributed by atoms with E-state index in [0.29, 0.717) is 5.02 Å². The van der Waals surface area contributed by atoms with E-state index in [2.05, 4.69) is 36.5 Å². The van der Waals surface area contributed by atoms with Gasteiger partial charge in [-0.2, -0.15) is 0 Å². The zero-order valence-electron chi connectivity index (χ0n) is 14.3. The zero-order chi connectivity index (χ0) is 18.3. The molecule has 0 aromatic heterocycles. The van der Waals surface area contributed by atoms with Crippen LogP contribution >= 0.6 is 11.6 Å². The van der Waals surface area contributed by atoms with Crippen LogP contribution in [0.15, 0.2) is 66.7 Å². The molecule has 4 rings (SSSR count). The van der Waals surface area contributed by atoms with Crippen molar-refractivity contribution in [2.45, 2.75) is 18.9 Å². The Labute approximate surface area is 157 Å². The number of anilines is 1. The molecule has 1 atom stereocenters. The summed E-state index contributed by atoms with van der Waals surface area (Å²) in [5.74, 6) is -0.981. The van der Waals surface area contributed by atoms with Crippen LogP contribution < -0.4 is 5.32 Å². The van der Waals surface area contributed by atoms with Crippen LogP contribution in [0.3, 0.4) is 0 Å². The Morgan fingerprint density at radius 2 is 1.77 bits per heavy atom. The fourth-order valence-electron chi connectivity index (χ4n) is 3.87. The van der Waals surface area contributed by atoms with Gasteiger partial charge < -0.3 is 10.4 Å². The summed E-state index contributed by atoms with van der Waals surface area (Å²) in [4.78, 5) is 11.3. The highest BCUT2D eigenvalue weighted by Crippen LogP contribution is 2.47. The summed E-state index contributed by atoms with van der Waals surface area (Å²) < 4.78 is 0. The van der Waals surface area contributed by atoms with E-state index in [9.17, 15) is 9.90 Å². The number of carbonyl (C=O) groups is 1. The van der Waals surface area contributed by atoms with Gasteiger partial charge in [0.1, 0.15) is 0 Å². The van der Waals surface area contributed by atoms with Crippen molar-refractivity contribution in [1.82, 2.24) is 0 Å². The predicted octanol–water partition coefficient (Wildman–Crippen LogP) is 5.26. The number of carboxylic acid groups (broad SMARTS) is 1. The Balaban J connectivity index is 1.94. The quantitative estimate of drug-likeness (QED) is 0.667. The zero-order valence-corrected chi connectivity index (χ0v) is 15.0. The monoisotopic (exact) mass is 363 g/mol. The molecule has 0 aliphatic carbocycles. The molecule has 1 aliphatic heterocycles. The molecule has 3 aromatic carbocycles. The fourth-order valence-corrected chi connectivity index (χ4v) is 4.21. The number of hydrogen-bond acceptors (Lipinski definition) is 2. The minimum Gasteiger partial charge on any atom is -0.478 e. The van der Waals surface area contributed by atoms with Crippen LogP contribution in [0.25, 0.3) is 0 Å². The molecule has 0 saturated heterocycles. The standard InChI is InChI=1S/C22H18ClNO2/c1-14-6-2-4-8-17(14)22(13-16-7-3-5-9-20(16)24-22)18-11-10-15(21(25)26)12-19(18)23/h2-12,24H,13H2,1H3,(H,25,26). The van der Waals surface area contributed by atoms with Gasteiger partial charge in [-0.15, -0.1) is 0 Å². The van der Waals surface area contributed by atoms with E-state index < -0.39 is 11.5 Å². The maximum absolute atomic E-state index is 11.3. The number of nitrogens with one attached hydrogen (secondary N) is 1. The molecule has 3 nitrogen and oxygen atoms in total. The van der Waals surface area contributed by atoms with Crippen molar-refractivity contribution in [2.75, 3.05) is 5.32 Å². The first-order chi connectivity index (χ1) is 12.5. The molecule has 2 N–H and O–H groups in total. The van der Waals surface area contributed by atoms with E-state index in [-0.39, 0.29) is 5.56 Å². The Kier molecular flexibility index (Phi) is 3.97. The van der Waals surface area contributed by atoms with Gasteiger partial charge in [-0.25, -0.2) is 4.79 Å². The van der Waals surface area contributed by atoms with Gasteiger partial charge in [0.2, 0.25) is 0 Å². The second-order valence-corrected chi connectivity index (χ2v) is 7.09. The van der Waals surface area contributed by atoms with Gasteiger partial charge in [0, 0.05) is 22.7 Å². The molecule has 130 valence electrons. The normalized spacial score (nSPS) is 18.2. The minimum atomic E-state index is -0.981. The lowest BCUT2D eigenvalue weighted by Gasteiger charge is -2.34. The molecule has 3 aromatic rings. The maximum atomic E-state index is 11.3. The summed E-state index contributed by atoms with van der Waals surface area (Å²) in [5.41, 5.74) is 5.14. The number of halogens is 1. The number of rotatable bonds is 3. The van der Waals surface area contributed by atoms with Crippen LogP contribution in [0.1, 0.15) is 32.6 Å². The van der Waals surface area contributed by atoms with Gasteiger partial charge in [0.25, 0.3) is 0 Å². The van der Waals surface area contributed by atoms with E-state index in [1.807, 2.05) is 30.3 Å². The highest BCUT2D eigenvalue weighted by molar-refractivity contribution is 6.32. The van der Waals surface area contributed by atoms with Crippen molar-refractivity contribution >= 4 is 23.3 Å². The Bertz CT molecular complexity index is 988. The van der Waals surface area contributed by atoms with Crippen molar-refractivity contribution in [3.05, 3.63) is 99.6 Å². The van der Waals surface area contributed by atoms with E-state index in [1.54, 1.807) is 6.07 Å². The van der Waals surface area contributed by atoms with Crippen LogP contribution in [0.5, 0.6) is 0 Å². The van der Waals surface area contributed by atoms with E-state index in [1.165, 1.54) is 11.6 Å². The molecule has 4 heteroatoms. The van der Waals surface area contributed by atoms with Gasteiger partial charge >= 0.3 is 5.97 Å². The van der Waals surface area contributed by atoms with Crippen molar-refractivity contribution in [2.24, 2.45) is 0 Å². The summed E-state index contributed by atoms with van der Waals surface area (Å²) in [6.07, 6.45) is 0.750. The summed E-state index contributed by atoms with van der Waals surface area (Å²) in [5, 5.41) is 13.4. The Morgan fingerprint density at radius 1 is 1.04 bits per heavy atom. The molecular formula is C22H18ClNO2. The first-order valence-electron chi connectivity index (χ1n) is 8.47. The van der Waals surface area contributed by atoms with Gasteiger partial charge in [-0.1, -0.05) is 60.1 Å². The van der Waals surface area contributed by atoms with Gasteiger partial charge in [0.05, 0.1) is 11.1 Å². The topological polar surface area (TPSA) is 49.3 Å². The number of fused-ring (bicyclic) bond motifs is 1. The highest BCUT2D eigenvalue weighted by atomic mass is 35.5. The Morgan fingerprint density at radius 3 is 2.46 bits per heavy atom. The number of para-hydroxylation sites is 1. The lowest BCUT2D eigenvalue weighted by Crippen LogP contribution is -2.35. The summed E-state index contributed by atoms with van der Waals surface area (Å²) in [6.45, 7) is 2.08. The molecule has 1 heterocycles. The molecule has 0 amide bonds. The molecule has 1 aliphatic rings. The molecule has 0 bridgehead atoms. The van der Waals surface area contributed by atoms with Crippen LogP contribution in [0, 0.1) is 6.92 Å². The second kappa shape index (κ2) is 6.19. The summed E-state index contributed by atoms with van der Waals surface area (Å²) in [7, 11) is 0. The lowest BCUT2D eigenvalue weighted by atomic mass is 9.78. The van der Waals surface area contributed by atoms with Crippen molar-refractivity contribution < 1.29 is 9.90 Å². The Hall–Kier alpha value is -2.78. The minimum absolute atomic E-state index is 0.189. The third kappa shape index (κ3) is 2.56. The third-order valence-corrected chi connectivity index (χ3v) is 5.41. The average Bonchev–Trinajstić information content (AvgIpc) is 3.02. The smallest absolute Gasteiger partial charge is 0.335 e. The van der Waals surface area contributed by atoms with Crippen LogP contribution in [0.2, 0.25) is 5.02 Å². The molecule has 0 spiro atoms. The SMILES string of the molecule is Cc1ccccc1C1(c2ccc(C(=O)O)cc2Cl)Cc2ccccc2N1. The number of aryl methyl sites for hydroxylation is 1. The van der Waals surface area contributed by atoms with Crippen LogP contribution in [-0.2, 0) is 12.0 Å². The number of carboxylic acids is 1. The second-order valence-electron chi connectivity index (χ2n) is 6.68. The van der Waals surface area contributed by atoms with Gasteiger partial charge in [-0.3, -0.25) is 0 Å². The average molecular weight is 364 g/mol. The lowest BCUT2D eigenvalue weighted by molar-refractivity contribution is 0.0697. The van der Waals surface area contributed by atoms with E-state index >= 15 is 0 Å². The van der Waals surface area contributed by atoms with Gasteiger partial charge in [-0.05, 0) is 41.8 Å². The van der Waals surface area contributed by atoms with Crippen LogP contribution in [-0.4, -0.2) is 11.1 Å². The van der Waals surface area contributed by atoms with Crippen molar-refractivity contribution in [3.8, 4) is 0 Å². The molecule has 0 saturated carbocycles. The largest absolute Gasteiger partial charge is 0.478 e. The van der Waals surface area contributed by atoms with Crippen molar-refractivity contribution in [1.29, 1.82) is 0 Å². The summed E-state index contributed by atoms with van der Waals surface area (Å²) in [6, 6.07) is 21.4. The molecule has 26 heavy (non-hydrogen) atoms. The molecule has 0 radical (unpaired) electrons.